The van der Waals surface area contributed by atoms with Gasteiger partial charge in [-0.3, -0.25) is 4.79 Å². The van der Waals surface area contributed by atoms with E-state index in [1.54, 1.807) is 12.1 Å². The van der Waals surface area contributed by atoms with Gasteiger partial charge in [0.25, 0.3) is 0 Å². The van der Waals surface area contributed by atoms with E-state index in [4.69, 9.17) is 5.11 Å². The highest BCUT2D eigenvalue weighted by Gasteiger charge is 2.27. The van der Waals surface area contributed by atoms with Gasteiger partial charge in [-0.05, 0) is 85.9 Å². The highest BCUT2D eigenvalue weighted by molar-refractivity contribution is 7.89. The van der Waals surface area contributed by atoms with Crippen LogP contribution in [0.5, 0.6) is 0 Å². The van der Waals surface area contributed by atoms with Gasteiger partial charge in [-0.2, -0.15) is 4.31 Å². The first-order valence-electron chi connectivity index (χ1n) is 14.3. The predicted molar refractivity (Wildman–Crippen MR) is 164 cm³/mol. The van der Waals surface area contributed by atoms with Gasteiger partial charge in [0, 0.05) is 32.1 Å². The minimum Gasteiger partial charge on any atom is -0.481 e. The summed E-state index contributed by atoms with van der Waals surface area (Å²) in [5.41, 5.74) is 4.44. The first-order chi connectivity index (χ1) is 19.4. The van der Waals surface area contributed by atoms with Gasteiger partial charge in [-0.15, -0.1) is 0 Å². The molecule has 0 aromatic heterocycles. The molecule has 0 radical (unpaired) electrons. The average Bonchev–Trinajstić information content (AvgIpc) is 2.95. The minimum atomic E-state index is -3.84. The molecule has 0 saturated carbocycles. The molecular weight excluding hydrogens is 536 g/mol. The summed E-state index contributed by atoms with van der Waals surface area (Å²) < 4.78 is 28.3. The number of aliphatic hydroxyl groups is 1. The zero-order valence-electron chi connectivity index (χ0n) is 24.6. The van der Waals surface area contributed by atoms with E-state index in [2.05, 4.69) is 31.3 Å². The van der Waals surface area contributed by atoms with Crippen molar-refractivity contribution in [3.63, 3.8) is 0 Å². The molecule has 0 fully saturated rings. The predicted octanol–water partition coefficient (Wildman–Crippen LogP) is 5.31. The lowest BCUT2D eigenvalue weighted by atomic mass is 9.95. The molecule has 41 heavy (non-hydrogen) atoms. The number of nitrogens with zero attached hydrogens (tertiary/aromatic N) is 1. The summed E-state index contributed by atoms with van der Waals surface area (Å²) in [7, 11) is -2.34. The zero-order chi connectivity index (χ0) is 30.0. The molecule has 3 N–H and O–H groups in total. The van der Waals surface area contributed by atoms with E-state index >= 15 is 0 Å². The Morgan fingerprint density at radius 2 is 1.66 bits per heavy atom. The van der Waals surface area contributed by atoms with Crippen LogP contribution in [0.4, 0.5) is 0 Å². The van der Waals surface area contributed by atoms with Crippen LogP contribution in [-0.4, -0.2) is 60.7 Å². The van der Waals surface area contributed by atoms with Crippen LogP contribution in [0.1, 0.15) is 56.7 Å². The van der Waals surface area contributed by atoms with Crippen LogP contribution in [0.25, 0.3) is 11.1 Å². The molecule has 0 amide bonds. The summed E-state index contributed by atoms with van der Waals surface area (Å²) in [6.07, 6.45) is 2.98. The normalized spacial score (nSPS) is 12.9. The Morgan fingerprint density at radius 3 is 2.34 bits per heavy atom. The fraction of sp³-hybridized carbons (Fsp3) is 0.424. The zero-order valence-corrected chi connectivity index (χ0v) is 25.5. The number of carboxylic acids is 1. The number of aliphatic carboxylic acids is 1. The second-order valence-corrected chi connectivity index (χ2v) is 13.3. The lowest BCUT2D eigenvalue weighted by Crippen LogP contribution is -2.46. The molecule has 0 bridgehead atoms. The third kappa shape index (κ3) is 9.50. The van der Waals surface area contributed by atoms with Gasteiger partial charge in [-0.25, -0.2) is 8.42 Å². The molecule has 0 saturated heterocycles. The first-order valence-corrected chi connectivity index (χ1v) is 15.7. The number of aliphatic hydroxyl groups excluding tert-OH is 1. The number of benzene rings is 3. The van der Waals surface area contributed by atoms with Crippen LogP contribution < -0.4 is 5.32 Å². The maximum atomic E-state index is 13.5. The Hall–Kier alpha value is -3.04. The highest BCUT2D eigenvalue weighted by atomic mass is 32.2. The van der Waals surface area contributed by atoms with Gasteiger partial charge < -0.3 is 15.5 Å². The van der Waals surface area contributed by atoms with Crippen LogP contribution in [-0.2, 0) is 34.1 Å². The van der Waals surface area contributed by atoms with E-state index in [0.29, 0.717) is 18.4 Å². The Labute approximate surface area is 245 Å². The summed E-state index contributed by atoms with van der Waals surface area (Å²) in [4.78, 5) is 11.3. The molecule has 1 atom stereocenters. The van der Waals surface area contributed by atoms with Crippen molar-refractivity contribution in [1.29, 1.82) is 0 Å². The molecule has 0 unspecified atom stereocenters. The van der Waals surface area contributed by atoms with Crippen molar-refractivity contribution in [2.45, 2.75) is 75.8 Å². The van der Waals surface area contributed by atoms with Crippen LogP contribution in [0.2, 0.25) is 0 Å². The fourth-order valence-corrected chi connectivity index (χ4v) is 6.50. The molecule has 222 valence electrons. The standard InChI is InChI=1S/C33H44N2O5S/c1-5-26-22-28(30-16-10-9-15-27(30)18-20-32(37)38)17-19-31(26)41(39,40)35(4)24-29(36)23-34-33(2,3)21-11-14-25-12-7-6-8-13-25/h6-10,12-13,15-17,19,22,29,34,36H,5,11,14,18,20-21,23-24H2,1-4H3,(H,37,38)/t29-/m0/s1. The average molecular weight is 581 g/mol. The number of likely N-dealkylation sites (N-methyl/N-ethyl adjacent to an activating group) is 1. The summed E-state index contributed by atoms with van der Waals surface area (Å²) in [6.45, 7) is 6.36. The Bertz CT molecular complexity index is 1390. The molecule has 0 aliphatic carbocycles. The fourth-order valence-electron chi connectivity index (χ4n) is 5.03. The van der Waals surface area contributed by atoms with Crippen LogP contribution in [0.3, 0.4) is 0 Å². The molecule has 7 nitrogen and oxygen atoms in total. The number of aryl methyl sites for hydroxylation is 3. The molecule has 0 aliphatic rings. The van der Waals surface area contributed by atoms with Crippen molar-refractivity contribution in [2.24, 2.45) is 0 Å². The quantitative estimate of drug-likeness (QED) is 0.212. The summed E-state index contributed by atoms with van der Waals surface area (Å²) in [5, 5.41) is 23.2. The molecule has 3 aromatic carbocycles. The molecule has 3 aromatic rings. The van der Waals surface area contributed by atoms with Crippen molar-refractivity contribution in [1.82, 2.24) is 9.62 Å². The number of carboxylic acid groups (broad SMARTS) is 1. The summed E-state index contributed by atoms with van der Waals surface area (Å²) >= 11 is 0. The van der Waals surface area contributed by atoms with Crippen molar-refractivity contribution >= 4 is 16.0 Å². The van der Waals surface area contributed by atoms with E-state index in [1.807, 2.05) is 55.5 Å². The second-order valence-electron chi connectivity index (χ2n) is 11.3. The van der Waals surface area contributed by atoms with E-state index in [9.17, 15) is 18.3 Å². The second kappa shape index (κ2) is 14.7. The maximum Gasteiger partial charge on any atom is 0.303 e. The van der Waals surface area contributed by atoms with Crippen molar-refractivity contribution in [3.05, 3.63) is 89.5 Å². The molecule has 8 heteroatoms. The smallest absolute Gasteiger partial charge is 0.303 e. The van der Waals surface area contributed by atoms with Gasteiger partial charge in [-0.1, -0.05) is 67.6 Å². The van der Waals surface area contributed by atoms with Crippen molar-refractivity contribution < 1.29 is 23.4 Å². The first kappa shape index (κ1) is 32.5. The monoisotopic (exact) mass is 580 g/mol. The van der Waals surface area contributed by atoms with E-state index < -0.39 is 22.1 Å². The Balaban J connectivity index is 1.63. The van der Waals surface area contributed by atoms with Crippen molar-refractivity contribution in [3.8, 4) is 11.1 Å². The maximum absolute atomic E-state index is 13.5. The number of sulfonamides is 1. The van der Waals surface area contributed by atoms with E-state index in [-0.39, 0.29) is 29.9 Å². The van der Waals surface area contributed by atoms with Crippen molar-refractivity contribution in [2.75, 3.05) is 20.1 Å². The van der Waals surface area contributed by atoms with E-state index in [1.165, 1.54) is 16.9 Å². The number of nitrogens with one attached hydrogen (secondary N) is 1. The lowest BCUT2D eigenvalue weighted by molar-refractivity contribution is -0.136. The third-order valence-electron chi connectivity index (χ3n) is 7.46. The van der Waals surface area contributed by atoms with Gasteiger partial charge in [0.1, 0.15) is 0 Å². The molecule has 0 aliphatic heterocycles. The number of carbonyl (C=O) groups is 1. The van der Waals surface area contributed by atoms with Gasteiger partial charge in [0.15, 0.2) is 0 Å². The number of β-amino-alcohol motifs (C(OH)–C–C–N with tert-alkyl or cyclic N) is 1. The molecule has 0 heterocycles. The Kier molecular flexibility index (Phi) is 11.7. The molecular formula is C33H44N2O5S. The lowest BCUT2D eigenvalue weighted by Gasteiger charge is -2.29. The van der Waals surface area contributed by atoms with Crippen LogP contribution in [0, 0.1) is 0 Å². The van der Waals surface area contributed by atoms with Gasteiger partial charge in [0.2, 0.25) is 10.0 Å². The van der Waals surface area contributed by atoms with Crippen LogP contribution in [0.15, 0.2) is 77.7 Å². The summed E-state index contributed by atoms with van der Waals surface area (Å²) in [6, 6.07) is 23.2. The third-order valence-corrected chi connectivity index (χ3v) is 9.38. The SMILES string of the molecule is CCc1cc(-c2ccccc2CCC(=O)O)ccc1S(=O)(=O)N(C)C[C@@H](O)CNC(C)(C)CCCc1ccccc1. The van der Waals surface area contributed by atoms with E-state index in [0.717, 1.165) is 36.0 Å². The summed E-state index contributed by atoms with van der Waals surface area (Å²) in [5.74, 6) is -0.859. The molecule has 0 spiro atoms. The molecule has 3 rings (SSSR count). The highest BCUT2D eigenvalue weighted by Crippen LogP contribution is 2.30. The minimum absolute atomic E-state index is 0.0248. The number of hydrogen-bond acceptors (Lipinski definition) is 5. The number of rotatable bonds is 16. The van der Waals surface area contributed by atoms with Crippen LogP contribution >= 0.6 is 0 Å². The van der Waals surface area contributed by atoms with Gasteiger partial charge >= 0.3 is 5.97 Å². The Morgan fingerprint density at radius 1 is 0.976 bits per heavy atom. The largest absolute Gasteiger partial charge is 0.481 e. The number of hydrogen-bond donors (Lipinski definition) is 3. The topological polar surface area (TPSA) is 107 Å². The van der Waals surface area contributed by atoms with Gasteiger partial charge in [0.05, 0.1) is 11.0 Å².